The summed E-state index contributed by atoms with van der Waals surface area (Å²) in [5.41, 5.74) is 6.47. The zero-order valence-electron chi connectivity index (χ0n) is 16.9. The van der Waals surface area contributed by atoms with Crippen molar-refractivity contribution < 1.29 is 0 Å². The molecule has 0 aliphatic carbocycles. The van der Waals surface area contributed by atoms with Crippen LogP contribution in [0.5, 0.6) is 0 Å². The van der Waals surface area contributed by atoms with Crippen LogP contribution < -0.4 is 0 Å². The van der Waals surface area contributed by atoms with E-state index in [1.165, 1.54) is 25.2 Å². The first kappa shape index (κ1) is 18.4. The number of hydrogen-bond acceptors (Lipinski definition) is 0. The van der Waals surface area contributed by atoms with Gasteiger partial charge in [0.05, 0.1) is 0 Å². The molecule has 3 heterocycles. The van der Waals surface area contributed by atoms with E-state index in [0.29, 0.717) is 0 Å². The first-order valence-electron chi connectivity index (χ1n) is 9.56. The lowest BCUT2D eigenvalue weighted by molar-refractivity contribution is 0.456. The molecule has 4 atom stereocenters. The molecule has 2 aromatic heterocycles. The lowest BCUT2D eigenvalue weighted by atomic mass is 10.0. The molecule has 0 saturated heterocycles. The Morgan fingerprint density at radius 1 is 0.583 bits per heavy atom. The highest BCUT2D eigenvalue weighted by molar-refractivity contribution is 7.58. The topological polar surface area (TPSA) is 0 Å². The smallest absolute Gasteiger partial charge is 0.00887 e. The summed E-state index contributed by atoms with van der Waals surface area (Å²) in [4.78, 5) is 0. The molecule has 0 aromatic carbocycles. The van der Waals surface area contributed by atoms with Gasteiger partial charge in [0.25, 0.3) is 0 Å². The Labute approximate surface area is 151 Å². The molecule has 0 nitrogen and oxygen atoms in total. The standard InChI is InChI=1S/C22H34P2/c1-13-9-10-14(2)12-24-20(8)16(4)18(6)22(24)21-17(5)15(3)19(7)23(21)11-13/h13-14H,9-12H2,1-8H3/t13-,14-,23?,24?/m1/s1. The Bertz CT molecular complexity index is 707. The van der Waals surface area contributed by atoms with E-state index in [0.717, 1.165) is 11.8 Å². The van der Waals surface area contributed by atoms with E-state index in [-0.39, 0.29) is 15.1 Å². The molecule has 24 heavy (non-hydrogen) atoms. The zero-order valence-corrected chi connectivity index (χ0v) is 18.7. The monoisotopic (exact) mass is 360 g/mol. The third kappa shape index (κ3) is 2.85. The second-order valence-corrected chi connectivity index (χ2v) is 13.1. The van der Waals surface area contributed by atoms with Crippen LogP contribution in [0.4, 0.5) is 0 Å². The lowest BCUT2D eigenvalue weighted by Gasteiger charge is -2.22. The van der Waals surface area contributed by atoms with Gasteiger partial charge in [0.1, 0.15) is 0 Å². The first-order valence-corrected chi connectivity index (χ1v) is 12.6. The number of fused-ring (bicyclic) bond motifs is 3. The summed E-state index contributed by atoms with van der Waals surface area (Å²) in [6, 6.07) is 0. The fourth-order valence-electron chi connectivity index (χ4n) is 4.49. The maximum absolute atomic E-state index is 2.50. The van der Waals surface area contributed by atoms with Crippen LogP contribution in [0.3, 0.4) is 0 Å². The molecule has 0 bridgehead atoms. The minimum Gasteiger partial charge on any atom is -0.113 e. The highest BCUT2D eigenvalue weighted by Crippen LogP contribution is 2.62. The Balaban J connectivity index is 2.36. The second kappa shape index (κ2) is 6.70. The molecule has 0 fully saturated rings. The minimum absolute atomic E-state index is 0.0912. The van der Waals surface area contributed by atoms with Gasteiger partial charge in [-0.05, 0) is 111 Å². The van der Waals surface area contributed by atoms with Gasteiger partial charge in [0.2, 0.25) is 0 Å². The Morgan fingerprint density at radius 2 is 0.917 bits per heavy atom. The average Bonchev–Trinajstić information content (AvgIpc) is 2.87. The molecule has 2 aromatic rings. The van der Waals surface area contributed by atoms with Gasteiger partial charge in [0.15, 0.2) is 0 Å². The normalized spacial score (nSPS) is 23.0. The first-order chi connectivity index (χ1) is 11.2. The van der Waals surface area contributed by atoms with Crippen molar-refractivity contribution in [2.75, 3.05) is 0 Å². The van der Waals surface area contributed by atoms with Crippen molar-refractivity contribution in [1.82, 2.24) is 0 Å². The molecule has 2 unspecified atom stereocenters. The van der Waals surface area contributed by atoms with Crippen LogP contribution in [-0.2, 0) is 12.3 Å². The fraction of sp³-hybridized carbons (Fsp3) is 0.636. The van der Waals surface area contributed by atoms with Crippen molar-refractivity contribution in [2.45, 2.75) is 80.6 Å². The maximum Gasteiger partial charge on any atom is 0.00887 e. The van der Waals surface area contributed by atoms with Crippen molar-refractivity contribution in [3.63, 3.8) is 0 Å². The SMILES string of the molecule is Cc1c(C)c2p(c1C)C[C@H](C)CC[C@@H](C)Cp1c(C)c(C)c(C)c1-2. The van der Waals surface area contributed by atoms with E-state index in [2.05, 4.69) is 55.4 Å². The zero-order chi connectivity index (χ0) is 17.8. The molecule has 3 rings (SSSR count). The van der Waals surface area contributed by atoms with Gasteiger partial charge in [-0.3, -0.25) is 0 Å². The molecule has 0 amide bonds. The van der Waals surface area contributed by atoms with Gasteiger partial charge in [-0.25, -0.2) is 0 Å². The van der Waals surface area contributed by atoms with Gasteiger partial charge in [-0.15, -0.1) is 15.1 Å². The summed E-state index contributed by atoms with van der Waals surface area (Å²) in [5.74, 6) is 1.73. The predicted molar refractivity (Wildman–Crippen MR) is 113 cm³/mol. The number of rotatable bonds is 0. The molecule has 2 heteroatoms. The minimum atomic E-state index is -0.0912. The van der Waals surface area contributed by atoms with Crippen molar-refractivity contribution in [2.24, 2.45) is 11.8 Å². The van der Waals surface area contributed by atoms with Crippen LogP contribution in [0.15, 0.2) is 0 Å². The molecule has 1 aliphatic rings. The Hall–Kier alpha value is -0.440. The molecule has 132 valence electrons. The average molecular weight is 360 g/mol. The third-order valence-electron chi connectivity index (χ3n) is 6.64. The fourth-order valence-corrected chi connectivity index (χ4v) is 11.5. The van der Waals surface area contributed by atoms with E-state index in [9.17, 15) is 0 Å². The predicted octanol–water partition coefficient (Wildman–Crippen LogP) is 8.24. The van der Waals surface area contributed by atoms with Crippen molar-refractivity contribution in [1.29, 1.82) is 0 Å². The van der Waals surface area contributed by atoms with Crippen LogP contribution in [0.1, 0.15) is 59.5 Å². The van der Waals surface area contributed by atoms with E-state index in [4.69, 9.17) is 0 Å². The summed E-state index contributed by atoms with van der Waals surface area (Å²) in [5, 5.41) is 7.05. The van der Waals surface area contributed by atoms with E-state index in [1.807, 2.05) is 0 Å². The summed E-state index contributed by atoms with van der Waals surface area (Å²) in [6.07, 6.45) is 5.66. The molecule has 0 saturated carbocycles. The highest BCUT2D eigenvalue weighted by Gasteiger charge is 2.27. The van der Waals surface area contributed by atoms with Crippen LogP contribution in [-0.4, -0.2) is 0 Å². The molecular formula is C22H34P2. The van der Waals surface area contributed by atoms with Gasteiger partial charge in [-0.2, -0.15) is 0 Å². The van der Waals surface area contributed by atoms with Gasteiger partial charge >= 0.3 is 0 Å². The lowest BCUT2D eigenvalue weighted by Crippen LogP contribution is -2.03. The van der Waals surface area contributed by atoms with Crippen LogP contribution in [0, 0.1) is 53.4 Å². The summed E-state index contributed by atoms with van der Waals surface area (Å²) in [6.45, 7) is 19.4. The van der Waals surface area contributed by atoms with Crippen LogP contribution >= 0.6 is 15.1 Å². The van der Waals surface area contributed by atoms with E-state index in [1.54, 1.807) is 43.4 Å². The maximum atomic E-state index is 2.50. The largest absolute Gasteiger partial charge is 0.113 e. The Morgan fingerprint density at radius 3 is 1.25 bits per heavy atom. The molecule has 0 spiro atoms. The van der Waals surface area contributed by atoms with Gasteiger partial charge in [-0.1, -0.05) is 13.8 Å². The van der Waals surface area contributed by atoms with E-state index < -0.39 is 0 Å². The molecule has 0 N–H and O–H groups in total. The van der Waals surface area contributed by atoms with Crippen molar-refractivity contribution in [3.8, 4) is 10.6 Å². The second-order valence-electron chi connectivity index (χ2n) is 8.38. The quantitative estimate of drug-likeness (QED) is 0.444. The van der Waals surface area contributed by atoms with Gasteiger partial charge < -0.3 is 0 Å². The highest BCUT2D eigenvalue weighted by atomic mass is 31.1. The molecular weight excluding hydrogens is 326 g/mol. The van der Waals surface area contributed by atoms with E-state index >= 15 is 0 Å². The van der Waals surface area contributed by atoms with Crippen molar-refractivity contribution >= 4 is 15.1 Å². The Kier molecular flexibility index (Phi) is 5.12. The molecule has 1 aliphatic heterocycles. The van der Waals surface area contributed by atoms with Crippen LogP contribution in [0.2, 0.25) is 0 Å². The van der Waals surface area contributed by atoms with Gasteiger partial charge in [0, 0.05) is 10.6 Å². The van der Waals surface area contributed by atoms with Crippen molar-refractivity contribution in [3.05, 3.63) is 32.8 Å². The summed E-state index contributed by atoms with van der Waals surface area (Å²) in [7, 11) is -0.182. The third-order valence-corrected chi connectivity index (χ3v) is 13.3. The molecule has 0 radical (unpaired) electrons. The summed E-state index contributed by atoms with van der Waals surface area (Å²) < 4.78 is 0. The summed E-state index contributed by atoms with van der Waals surface area (Å²) >= 11 is 0. The number of hydrogen-bond donors (Lipinski definition) is 0. The van der Waals surface area contributed by atoms with Crippen LogP contribution in [0.25, 0.3) is 10.6 Å².